The molecular formula is C12H16ClNO4. The van der Waals surface area contributed by atoms with Crippen molar-refractivity contribution >= 4 is 11.6 Å². The normalized spacial score (nSPS) is 18.8. The minimum Gasteiger partial charge on any atom is -0.496 e. The van der Waals surface area contributed by atoms with Gasteiger partial charge in [-0.25, -0.2) is 0 Å². The fraction of sp³-hybridized carbons (Fsp3) is 0.500. The Morgan fingerprint density at radius 2 is 2.39 bits per heavy atom. The Kier molecular flexibility index (Phi) is 6.46. The summed E-state index contributed by atoms with van der Waals surface area (Å²) in [5, 5.41) is 10.7. The summed E-state index contributed by atoms with van der Waals surface area (Å²) in [5.41, 5.74) is 0.167. The van der Waals surface area contributed by atoms with Gasteiger partial charge in [-0.2, -0.15) is 0 Å². The van der Waals surface area contributed by atoms with Gasteiger partial charge >= 0.3 is 0 Å². The molecule has 0 N–H and O–H groups in total. The average Bonchev–Trinajstić information content (AvgIpc) is 2.37. The second-order valence-corrected chi connectivity index (χ2v) is 4.13. The van der Waals surface area contributed by atoms with Gasteiger partial charge < -0.3 is 9.47 Å². The van der Waals surface area contributed by atoms with Crippen molar-refractivity contribution in [2.45, 2.75) is 6.42 Å². The van der Waals surface area contributed by atoms with E-state index in [-0.39, 0.29) is 16.5 Å². The number of nitrogens with zero attached hydrogens (tertiary/aromatic N) is 1. The first-order valence-corrected chi connectivity index (χ1v) is 6.15. The summed E-state index contributed by atoms with van der Waals surface area (Å²) >= 11 is 5.55. The molecule has 0 bridgehead atoms. The molecule has 0 aromatic carbocycles. The van der Waals surface area contributed by atoms with Gasteiger partial charge in [0.05, 0.1) is 30.4 Å². The van der Waals surface area contributed by atoms with Gasteiger partial charge in [-0.15, -0.1) is 18.2 Å². The van der Waals surface area contributed by atoms with E-state index < -0.39 is 0 Å². The zero-order valence-corrected chi connectivity index (χ0v) is 10.8. The quantitative estimate of drug-likeness (QED) is 0.224. The molecule has 0 saturated carbocycles. The molecule has 0 saturated heterocycles. The molecule has 1 aliphatic carbocycles. The SMILES string of the molecule is C=CCOCC1CC([N+](=O)[O-])=CC=C1OCCCl. The van der Waals surface area contributed by atoms with Crippen LogP contribution in [0, 0.1) is 16.0 Å². The van der Waals surface area contributed by atoms with Gasteiger partial charge in [0.2, 0.25) is 5.70 Å². The number of allylic oxidation sites excluding steroid dienone is 3. The van der Waals surface area contributed by atoms with Gasteiger partial charge in [0, 0.05) is 12.0 Å². The molecule has 0 aliphatic heterocycles. The molecule has 1 unspecified atom stereocenters. The molecule has 0 aromatic heterocycles. The number of hydrogen-bond donors (Lipinski definition) is 0. The molecule has 0 radical (unpaired) electrons. The van der Waals surface area contributed by atoms with Crippen LogP contribution < -0.4 is 0 Å². The van der Waals surface area contributed by atoms with E-state index in [0.717, 1.165) is 0 Å². The molecule has 0 heterocycles. The number of halogens is 1. The summed E-state index contributed by atoms with van der Waals surface area (Å²) in [6.07, 6.45) is 5.03. The number of alkyl halides is 1. The van der Waals surface area contributed by atoms with E-state index in [2.05, 4.69) is 6.58 Å². The van der Waals surface area contributed by atoms with E-state index in [1.54, 1.807) is 12.2 Å². The molecule has 0 amide bonds. The minimum atomic E-state index is -0.380. The second kappa shape index (κ2) is 7.89. The van der Waals surface area contributed by atoms with E-state index in [9.17, 15) is 10.1 Å². The van der Waals surface area contributed by atoms with Crippen LogP contribution in [0.4, 0.5) is 0 Å². The summed E-state index contributed by atoms with van der Waals surface area (Å²) in [6, 6.07) is 0. The van der Waals surface area contributed by atoms with Crippen molar-refractivity contribution < 1.29 is 14.4 Å². The van der Waals surface area contributed by atoms with Crippen LogP contribution in [0.3, 0.4) is 0 Å². The van der Waals surface area contributed by atoms with E-state index in [4.69, 9.17) is 21.1 Å². The Morgan fingerprint density at radius 1 is 1.61 bits per heavy atom. The van der Waals surface area contributed by atoms with Gasteiger partial charge in [-0.05, 0) is 6.08 Å². The number of ether oxygens (including phenoxy) is 2. The first kappa shape index (κ1) is 14.7. The number of rotatable bonds is 8. The third kappa shape index (κ3) is 4.50. The van der Waals surface area contributed by atoms with Crippen molar-refractivity contribution in [3.63, 3.8) is 0 Å². The first-order valence-electron chi connectivity index (χ1n) is 5.61. The lowest BCUT2D eigenvalue weighted by atomic mass is 9.97. The maximum Gasteiger partial charge on any atom is 0.247 e. The summed E-state index contributed by atoms with van der Waals surface area (Å²) in [6.45, 7) is 4.71. The van der Waals surface area contributed by atoms with E-state index in [0.29, 0.717) is 37.9 Å². The lowest BCUT2D eigenvalue weighted by Crippen LogP contribution is -2.20. The zero-order chi connectivity index (χ0) is 13.4. The van der Waals surface area contributed by atoms with Gasteiger partial charge in [0.15, 0.2) is 0 Å². The third-order valence-electron chi connectivity index (χ3n) is 2.43. The second-order valence-electron chi connectivity index (χ2n) is 3.75. The molecular weight excluding hydrogens is 258 g/mol. The Labute approximate surface area is 111 Å². The fourth-order valence-electron chi connectivity index (χ4n) is 1.63. The highest BCUT2D eigenvalue weighted by atomic mass is 35.5. The topological polar surface area (TPSA) is 61.6 Å². The summed E-state index contributed by atoms with van der Waals surface area (Å²) in [5.74, 6) is 0.924. The lowest BCUT2D eigenvalue weighted by molar-refractivity contribution is -0.429. The summed E-state index contributed by atoms with van der Waals surface area (Å²) < 4.78 is 10.8. The predicted octanol–water partition coefficient (Wildman–Crippen LogP) is 2.51. The van der Waals surface area contributed by atoms with Gasteiger partial charge in [-0.3, -0.25) is 10.1 Å². The summed E-state index contributed by atoms with van der Waals surface area (Å²) in [7, 11) is 0. The van der Waals surface area contributed by atoms with Crippen molar-refractivity contribution in [2.24, 2.45) is 5.92 Å². The van der Waals surface area contributed by atoms with Crippen LogP contribution in [0.1, 0.15) is 6.42 Å². The molecule has 1 atom stereocenters. The maximum atomic E-state index is 10.7. The lowest BCUT2D eigenvalue weighted by Gasteiger charge is -2.21. The highest BCUT2D eigenvalue weighted by Gasteiger charge is 2.26. The van der Waals surface area contributed by atoms with Gasteiger partial charge in [0.1, 0.15) is 12.4 Å². The van der Waals surface area contributed by atoms with Crippen LogP contribution in [0.15, 0.2) is 36.3 Å². The van der Waals surface area contributed by atoms with Crippen LogP contribution in [0.25, 0.3) is 0 Å². The Balaban J connectivity index is 2.65. The molecule has 1 rings (SSSR count). The molecule has 18 heavy (non-hydrogen) atoms. The highest BCUT2D eigenvalue weighted by molar-refractivity contribution is 6.17. The molecule has 6 heteroatoms. The minimum absolute atomic E-state index is 0.140. The van der Waals surface area contributed by atoms with Crippen LogP contribution >= 0.6 is 11.6 Å². The fourth-order valence-corrected chi connectivity index (χ4v) is 1.71. The number of nitro groups is 1. The molecule has 0 spiro atoms. The first-order chi connectivity index (χ1) is 8.69. The average molecular weight is 274 g/mol. The van der Waals surface area contributed by atoms with Crippen molar-refractivity contribution in [1.82, 2.24) is 0 Å². The molecule has 1 aliphatic rings. The third-order valence-corrected chi connectivity index (χ3v) is 2.59. The van der Waals surface area contributed by atoms with E-state index in [1.165, 1.54) is 6.08 Å². The standard InChI is InChI=1S/C12H16ClNO4/c1-2-6-17-9-10-8-11(14(15)16)3-4-12(10)18-7-5-13/h2-4,10H,1,5-9H2. The van der Waals surface area contributed by atoms with Crippen LogP contribution in [0.2, 0.25) is 0 Å². The Morgan fingerprint density at radius 3 is 3.00 bits per heavy atom. The monoisotopic (exact) mass is 273 g/mol. The zero-order valence-electron chi connectivity index (χ0n) is 10.0. The smallest absolute Gasteiger partial charge is 0.247 e. The summed E-state index contributed by atoms with van der Waals surface area (Å²) in [4.78, 5) is 10.4. The molecule has 5 nitrogen and oxygen atoms in total. The Hall–Kier alpha value is -1.33. The molecule has 100 valence electrons. The van der Waals surface area contributed by atoms with Gasteiger partial charge in [0.25, 0.3) is 0 Å². The van der Waals surface area contributed by atoms with Crippen LogP contribution in [-0.2, 0) is 9.47 Å². The predicted molar refractivity (Wildman–Crippen MR) is 69.0 cm³/mol. The Bertz CT molecular complexity index is 365. The highest BCUT2D eigenvalue weighted by Crippen LogP contribution is 2.26. The van der Waals surface area contributed by atoms with Crippen molar-refractivity contribution in [1.29, 1.82) is 0 Å². The maximum absolute atomic E-state index is 10.7. The van der Waals surface area contributed by atoms with Crippen molar-refractivity contribution in [3.05, 3.63) is 46.4 Å². The van der Waals surface area contributed by atoms with Gasteiger partial charge in [-0.1, -0.05) is 6.08 Å². The largest absolute Gasteiger partial charge is 0.496 e. The number of hydrogen-bond acceptors (Lipinski definition) is 4. The van der Waals surface area contributed by atoms with Crippen molar-refractivity contribution in [2.75, 3.05) is 25.7 Å². The van der Waals surface area contributed by atoms with Crippen LogP contribution in [-0.4, -0.2) is 30.6 Å². The van der Waals surface area contributed by atoms with Crippen molar-refractivity contribution in [3.8, 4) is 0 Å². The molecule has 0 fully saturated rings. The van der Waals surface area contributed by atoms with Crippen LogP contribution in [0.5, 0.6) is 0 Å². The molecule has 0 aromatic rings. The van der Waals surface area contributed by atoms with E-state index in [1.807, 2.05) is 0 Å². The van der Waals surface area contributed by atoms with E-state index >= 15 is 0 Å².